The maximum absolute atomic E-state index is 13.1. The quantitative estimate of drug-likeness (QED) is 0.752. The zero-order valence-corrected chi connectivity index (χ0v) is 16.4. The molecule has 144 valence electrons. The Morgan fingerprint density at radius 1 is 1.12 bits per heavy atom. The van der Waals surface area contributed by atoms with Gasteiger partial charge in [0.2, 0.25) is 0 Å². The molecule has 6 nitrogen and oxygen atoms in total. The molecule has 2 fully saturated rings. The van der Waals surface area contributed by atoms with Gasteiger partial charge in [0.25, 0.3) is 0 Å². The second kappa shape index (κ2) is 9.35. The van der Waals surface area contributed by atoms with Crippen molar-refractivity contribution in [3.8, 4) is 0 Å². The van der Waals surface area contributed by atoms with E-state index >= 15 is 0 Å². The molecule has 26 heavy (non-hydrogen) atoms. The maximum atomic E-state index is 13.1. The van der Waals surface area contributed by atoms with E-state index < -0.39 is 0 Å². The van der Waals surface area contributed by atoms with Crippen LogP contribution in [0.15, 0.2) is 5.38 Å². The van der Waals surface area contributed by atoms with E-state index in [9.17, 15) is 9.59 Å². The van der Waals surface area contributed by atoms with Crippen molar-refractivity contribution < 1.29 is 14.3 Å². The number of esters is 1. The van der Waals surface area contributed by atoms with Crippen LogP contribution >= 0.6 is 11.3 Å². The standard InChI is InChI=1S/C19H29N3O3S/c1-14(23)25-12-15-13-26-18(20-15)21-19(24)22(16-8-4-2-5-9-16)17-10-6-3-7-11-17/h13,16-17H,2-12H2,1H3,(H,20,21,24). The van der Waals surface area contributed by atoms with Crippen LogP contribution in [0, 0.1) is 0 Å². The van der Waals surface area contributed by atoms with Gasteiger partial charge >= 0.3 is 12.0 Å². The fraction of sp³-hybridized carbons (Fsp3) is 0.737. The topological polar surface area (TPSA) is 71.5 Å². The molecule has 1 N–H and O–H groups in total. The van der Waals surface area contributed by atoms with Crippen molar-refractivity contribution in [2.75, 3.05) is 5.32 Å². The molecule has 0 bridgehead atoms. The van der Waals surface area contributed by atoms with Crippen molar-refractivity contribution in [2.24, 2.45) is 0 Å². The van der Waals surface area contributed by atoms with Gasteiger partial charge in [0, 0.05) is 24.4 Å². The van der Waals surface area contributed by atoms with E-state index in [1.165, 1.54) is 56.8 Å². The fourth-order valence-corrected chi connectivity index (χ4v) is 4.80. The number of anilines is 1. The molecule has 0 unspecified atom stereocenters. The number of rotatable bonds is 5. The lowest BCUT2D eigenvalue weighted by Crippen LogP contribution is -2.50. The van der Waals surface area contributed by atoms with Crippen LogP contribution in [-0.2, 0) is 16.1 Å². The van der Waals surface area contributed by atoms with Crippen LogP contribution in [0.4, 0.5) is 9.93 Å². The van der Waals surface area contributed by atoms with Gasteiger partial charge in [-0.15, -0.1) is 11.3 Å². The van der Waals surface area contributed by atoms with Crippen molar-refractivity contribution in [1.29, 1.82) is 0 Å². The Bertz CT molecular complexity index is 589. The Morgan fingerprint density at radius 2 is 1.69 bits per heavy atom. The van der Waals surface area contributed by atoms with E-state index in [0.717, 1.165) is 25.7 Å². The summed E-state index contributed by atoms with van der Waals surface area (Å²) < 4.78 is 4.97. The molecule has 7 heteroatoms. The van der Waals surface area contributed by atoms with Crippen molar-refractivity contribution in [3.05, 3.63) is 11.1 Å². The number of carbonyl (C=O) groups is 2. The highest BCUT2D eigenvalue weighted by atomic mass is 32.1. The summed E-state index contributed by atoms with van der Waals surface area (Å²) in [5.74, 6) is -0.329. The zero-order chi connectivity index (χ0) is 18.4. The minimum atomic E-state index is -0.329. The van der Waals surface area contributed by atoms with Gasteiger partial charge in [-0.1, -0.05) is 38.5 Å². The molecular weight excluding hydrogens is 350 g/mol. The highest BCUT2D eigenvalue weighted by Crippen LogP contribution is 2.31. The molecule has 0 aliphatic heterocycles. The molecule has 2 aliphatic rings. The van der Waals surface area contributed by atoms with E-state index in [2.05, 4.69) is 15.2 Å². The third-order valence-electron chi connectivity index (χ3n) is 5.36. The molecule has 0 saturated heterocycles. The molecular formula is C19H29N3O3S. The number of carbonyl (C=O) groups excluding carboxylic acids is 2. The van der Waals surface area contributed by atoms with Gasteiger partial charge in [-0.05, 0) is 25.7 Å². The van der Waals surface area contributed by atoms with Gasteiger partial charge in [-0.2, -0.15) is 0 Å². The number of hydrogen-bond acceptors (Lipinski definition) is 5. The first-order valence-corrected chi connectivity index (χ1v) is 10.7. The minimum Gasteiger partial charge on any atom is -0.459 e. The van der Waals surface area contributed by atoms with Gasteiger partial charge in [0.05, 0.1) is 5.69 Å². The smallest absolute Gasteiger partial charge is 0.324 e. The number of aromatic nitrogens is 1. The first-order chi connectivity index (χ1) is 12.6. The largest absolute Gasteiger partial charge is 0.459 e. The van der Waals surface area contributed by atoms with E-state index in [0.29, 0.717) is 22.9 Å². The number of thiazole rings is 1. The highest BCUT2D eigenvalue weighted by Gasteiger charge is 2.32. The molecule has 2 saturated carbocycles. The van der Waals surface area contributed by atoms with Gasteiger partial charge in [0.1, 0.15) is 6.61 Å². The lowest BCUT2D eigenvalue weighted by molar-refractivity contribution is -0.142. The minimum absolute atomic E-state index is 0.0165. The Balaban J connectivity index is 1.65. The van der Waals surface area contributed by atoms with E-state index in [1.807, 2.05) is 5.38 Å². The number of hydrogen-bond donors (Lipinski definition) is 1. The average Bonchev–Trinajstić information content (AvgIpc) is 3.09. The molecule has 2 aliphatic carbocycles. The molecule has 0 aromatic carbocycles. The number of amides is 2. The van der Waals surface area contributed by atoms with Gasteiger partial charge in [-0.25, -0.2) is 9.78 Å². The zero-order valence-electron chi connectivity index (χ0n) is 15.5. The third-order valence-corrected chi connectivity index (χ3v) is 6.17. The second-order valence-corrected chi connectivity index (χ2v) is 8.20. The Labute approximate surface area is 159 Å². The van der Waals surface area contributed by atoms with E-state index in [4.69, 9.17) is 4.74 Å². The van der Waals surface area contributed by atoms with Crippen molar-refractivity contribution >= 4 is 28.5 Å². The number of nitrogens with zero attached hydrogens (tertiary/aromatic N) is 2. The summed E-state index contributed by atoms with van der Waals surface area (Å²) in [4.78, 5) is 30.5. The molecule has 1 heterocycles. The molecule has 2 amide bonds. The fourth-order valence-electron chi connectivity index (χ4n) is 4.11. The highest BCUT2D eigenvalue weighted by molar-refractivity contribution is 7.13. The summed E-state index contributed by atoms with van der Waals surface area (Å²) in [6.45, 7) is 1.53. The average molecular weight is 380 g/mol. The van der Waals surface area contributed by atoms with Crippen LogP contribution in [0.1, 0.15) is 76.8 Å². The van der Waals surface area contributed by atoms with Gasteiger partial charge in [0.15, 0.2) is 5.13 Å². The lowest BCUT2D eigenvalue weighted by atomic mass is 9.89. The van der Waals surface area contributed by atoms with Crippen LogP contribution in [0.25, 0.3) is 0 Å². The van der Waals surface area contributed by atoms with E-state index in [-0.39, 0.29) is 18.6 Å². The van der Waals surface area contributed by atoms with Crippen LogP contribution < -0.4 is 5.32 Å². The molecule has 3 rings (SSSR count). The van der Waals surface area contributed by atoms with Crippen LogP contribution in [0.3, 0.4) is 0 Å². The first-order valence-electron chi connectivity index (χ1n) is 9.80. The van der Waals surface area contributed by atoms with Crippen LogP contribution in [0.2, 0.25) is 0 Å². The Hall–Kier alpha value is -1.63. The molecule has 0 atom stereocenters. The SMILES string of the molecule is CC(=O)OCc1csc(NC(=O)N(C2CCCCC2)C2CCCCC2)n1. The Kier molecular flexibility index (Phi) is 6.88. The first kappa shape index (κ1) is 19.1. The predicted octanol–water partition coefficient (Wildman–Crippen LogP) is 4.71. The molecule has 0 radical (unpaired) electrons. The van der Waals surface area contributed by atoms with E-state index in [1.54, 1.807) is 0 Å². The predicted molar refractivity (Wildman–Crippen MR) is 102 cm³/mol. The van der Waals surface area contributed by atoms with Crippen LogP contribution in [-0.4, -0.2) is 34.0 Å². The summed E-state index contributed by atoms with van der Waals surface area (Å²) >= 11 is 1.38. The number of urea groups is 1. The normalized spacial score (nSPS) is 19.1. The van der Waals surface area contributed by atoms with Crippen LogP contribution in [0.5, 0.6) is 0 Å². The number of ether oxygens (including phenoxy) is 1. The van der Waals surface area contributed by atoms with Gasteiger partial charge < -0.3 is 9.64 Å². The van der Waals surface area contributed by atoms with Crippen molar-refractivity contribution in [1.82, 2.24) is 9.88 Å². The summed E-state index contributed by atoms with van der Waals surface area (Å²) in [6.07, 6.45) is 11.9. The summed E-state index contributed by atoms with van der Waals surface area (Å²) in [7, 11) is 0. The number of nitrogens with one attached hydrogen (secondary N) is 1. The molecule has 1 aromatic rings. The maximum Gasteiger partial charge on any atom is 0.324 e. The molecule has 1 aromatic heterocycles. The lowest BCUT2D eigenvalue weighted by Gasteiger charge is -2.41. The van der Waals surface area contributed by atoms with Crippen molar-refractivity contribution in [2.45, 2.75) is 89.8 Å². The third kappa shape index (κ3) is 5.19. The summed E-state index contributed by atoms with van der Waals surface area (Å²) in [5.41, 5.74) is 0.669. The monoisotopic (exact) mass is 379 g/mol. The molecule has 0 spiro atoms. The van der Waals surface area contributed by atoms with Crippen molar-refractivity contribution in [3.63, 3.8) is 0 Å². The second-order valence-electron chi connectivity index (χ2n) is 7.35. The summed E-state index contributed by atoms with van der Waals surface area (Å²) in [5, 5.41) is 5.40. The Morgan fingerprint density at radius 3 is 2.23 bits per heavy atom. The van der Waals surface area contributed by atoms with Gasteiger partial charge in [-0.3, -0.25) is 10.1 Å². The summed E-state index contributed by atoms with van der Waals surface area (Å²) in [6, 6.07) is 0.692.